The number of nitrogens with one attached hydrogen (secondary N) is 1. The Hall–Kier alpha value is -1.67. The van der Waals surface area contributed by atoms with Crippen molar-refractivity contribution in [3.8, 4) is 0 Å². The third-order valence-corrected chi connectivity index (χ3v) is 5.19. The summed E-state index contributed by atoms with van der Waals surface area (Å²) in [5, 5.41) is 25.7. The zero-order chi connectivity index (χ0) is 18.0. The summed E-state index contributed by atoms with van der Waals surface area (Å²) in [6.07, 6.45) is 0.804. The molecule has 0 radical (unpaired) electrons. The van der Waals surface area contributed by atoms with E-state index in [1.165, 1.54) is 11.3 Å². The van der Waals surface area contributed by atoms with Crippen LogP contribution in [-0.2, 0) is 4.74 Å². The number of carbonyl (C=O) groups is 1. The van der Waals surface area contributed by atoms with E-state index >= 15 is 0 Å². The third kappa shape index (κ3) is 4.67. The number of ether oxygens (including phenoxy) is 1. The van der Waals surface area contributed by atoms with Gasteiger partial charge >= 0.3 is 6.09 Å². The van der Waals surface area contributed by atoms with Crippen LogP contribution in [0.2, 0.25) is 0 Å². The molecule has 2 N–H and O–H groups in total. The van der Waals surface area contributed by atoms with E-state index in [1.807, 2.05) is 17.5 Å². The summed E-state index contributed by atoms with van der Waals surface area (Å²) in [7, 11) is 0. The molecule has 0 bridgehead atoms. The first-order valence-electron chi connectivity index (χ1n) is 7.94. The van der Waals surface area contributed by atoms with Crippen molar-refractivity contribution in [1.82, 2.24) is 5.32 Å². The third-order valence-electron chi connectivity index (χ3n) is 4.19. The smallest absolute Gasteiger partial charge is 0.408 e. The second-order valence-electron chi connectivity index (χ2n) is 7.21. The van der Waals surface area contributed by atoms with Gasteiger partial charge in [-0.25, -0.2) is 4.79 Å². The van der Waals surface area contributed by atoms with Gasteiger partial charge < -0.3 is 15.2 Å². The summed E-state index contributed by atoms with van der Waals surface area (Å²) in [6.45, 7) is 4.82. The summed E-state index contributed by atoms with van der Waals surface area (Å²) < 4.78 is 5.30. The van der Waals surface area contributed by atoms with Gasteiger partial charge in [0.05, 0.1) is 5.92 Å². The minimum Gasteiger partial charge on any atom is -0.444 e. The van der Waals surface area contributed by atoms with Gasteiger partial charge in [-0.1, -0.05) is 6.07 Å². The molecule has 0 aliphatic heterocycles. The van der Waals surface area contributed by atoms with Gasteiger partial charge in [0.25, 0.3) is 0 Å². The van der Waals surface area contributed by atoms with Gasteiger partial charge in [0.2, 0.25) is 6.54 Å². The van der Waals surface area contributed by atoms with Crippen LogP contribution in [0.4, 0.5) is 4.79 Å². The molecule has 0 saturated heterocycles. The highest BCUT2D eigenvalue weighted by atomic mass is 32.1. The molecule has 0 aromatic carbocycles. The van der Waals surface area contributed by atoms with Crippen molar-refractivity contribution in [3.63, 3.8) is 0 Å². The second-order valence-corrected chi connectivity index (χ2v) is 8.19. The lowest BCUT2D eigenvalue weighted by atomic mass is 9.83. The van der Waals surface area contributed by atoms with Gasteiger partial charge in [0.1, 0.15) is 5.60 Å². The highest BCUT2D eigenvalue weighted by Crippen LogP contribution is 2.48. The van der Waals surface area contributed by atoms with E-state index in [9.17, 15) is 20.0 Å². The fraction of sp³-hybridized carbons (Fsp3) is 0.688. The van der Waals surface area contributed by atoms with E-state index in [0.717, 1.165) is 4.88 Å². The Kier molecular flexibility index (Phi) is 5.49. The number of alkyl carbamates (subject to hydrolysis) is 1. The number of carbonyl (C=O) groups excluding carboxylic acids is 1. The molecule has 1 aliphatic carbocycles. The summed E-state index contributed by atoms with van der Waals surface area (Å²) in [5.74, 6) is -0.864. The summed E-state index contributed by atoms with van der Waals surface area (Å²) >= 11 is 1.43. The topological polar surface area (TPSA) is 102 Å². The van der Waals surface area contributed by atoms with Crippen molar-refractivity contribution < 1.29 is 19.6 Å². The quantitative estimate of drug-likeness (QED) is 0.578. The number of hydrogen-bond donors (Lipinski definition) is 2. The first-order valence-corrected chi connectivity index (χ1v) is 8.82. The summed E-state index contributed by atoms with van der Waals surface area (Å²) in [5.41, 5.74) is -1.26. The van der Waals surface area contributed by atoms with Crippen LogP contribution in [0.3, 0.4) is 0 Å². The molecule has 1 heterocycles. The highest BCUT2D eigenvalue weighted by molar-refractivity contribution is 7.10. The largest absolute Gasteiger partial charge is 0.444 e. The molecule has 1 aliphatic rings. The maximum Gasteiger partial charge on any atom is 0.408 e. The SMILES string of the molecule is CC(C)(C)OC(=O)NC1([C@H](CO)[C@@H](C[N+](=O)[O-])c2cccs2)CC1. The van der Waals surface area contributed by atoms with Crippen LogP contribution in [-0.4, -0.2) is 40.4 Å². The normalized spacial score (nSPS) is 18.5. The Bertz CT molecular complexity index is 578. The second kappa shape index (κ2) is 7.06. The predicted molar refractivity (Wildman–Crippen MR) is 90.8 cm³/mol. The molecular weight excluding hydrogens is 332 g/mol. The molecule has 24 heavy (non-hydrogen) atoms. The number of amides is 1. The van der Waals surface area contributed by atoms with E-state index in [0.29, 0.717) is 12.8 Å². The van der Waals surface area contributed by atoms with Crippen LogP contribution in [0.15, 0.2) is 17.5 Å². The van der Waals surface area contributed by atoms with E-state index in [2.05, 4.69) is 5.32 Å². The van der Waals surface area contributed by atoms with Crippen molar-refractivity contribution in [2.75, 3.05) is 13.2 Å². The zero-order valence-corrected chi connectivity index (χ0v) is 15.0. The average molecular weight is 356 g/mol. The van der Waals surface area contributed by atoms with Crippen molar-refractivity contribution >= 4 is 17.4 Å². The fourth-order valence-electron chi connectivity index (χ4n) is 3.00. The van der Waals surface area contributed by atoms with Crippen LogP contribution >= 0.6 is 11.3 Å². The van der Waals surface area contributed by atoms with E-state index in [-0.39, 0.29) is 18.1 Å². The van der Waals surface area contributed by atoms with Gasteiger partial charge in [-0.3, -0.25) is 10.1 Å². The number of rotatable bonds is 7. The zero-order valence-electron chi connectivity index (χ0n) is 14.2. The summed E-state index contributed by atoms with van der Waals surface area (Å²) in [6, 6.07) is 3.67. The van der Waals surface area contributed by atoms with Gasteiger partial charge in [0.15, 0.2) is 0 Å². The van der Waals surface area contributed by atoms with Crippen molar-refractivity contribution in [2.24, 2.45) is 5.92 Å². The Labute approximate surface area is 145 Å². The number of hydrogen-bond acceptors (Lipinski definition) is 6. The van der Waals surface area contributed by atoms with Gasteiger partial charge in [0, 0.05) is 27.9 Å². The molecule has 1 aromatic rings. The number of aliphatic hydroxyl groups is 1. The van der Waals surface area contributed by atoms with Crippen LogP contribution in [0, 0.1) is 16.0 Å². The average Bonchev–Trinajstić information content (AvgIpc) is 3.00. The van der Waals surface area contributed by atoms with E-state index < -0.39 is 29.1 Å². The Morgan fingerprint density at radius 2 is 2.21 bits per heavy atom. The van der Waals surface area contributed by atoms with E-state index in [1.54, 1.807) is 20.8 Å². The number of nitro groups is 1. The molecule has 1 amide bonds. The maximum absolute atomic E-state index is 12.1. The molecule has 8 heteroatoms. The molecule has 0 unspecified atom stereocenters. The van der Waals surface area contributed by atoms with Gasteiger partial charge in [-0.05, 0) is 45.1 Å². The lowest BCUT2D eigenvalue weighted by Gasteiger charge is -2.32. The minimum absolute atomic E-state index is 0.230. The Morgan fingerprint density at radius 3 is 2.62 bits per heavy atom. The Morgan fingerprint density at radius 1 is 1.54 bits per heavy atom. The summed E-state index contributed by atoms with van der Waals surface area (Å²) in [4.78, 5) is 23.7. The fourth-order valence-corrected chi connectivity index (χ4v) is 3.88. The van der Waals surface area contributed by atoms with Crippen molar-refractivity contribution in [1.29, 1.82) is 0 Å². The molecule has 1 saturated carbocycles. The van der Waals surface area contributed by atoms with Crippen LogP contribution in [0.1, 0.15) is 44.4 Å². The lowest BCUT2D eigenvalue weighted by molar-refractivity contribution is -0.485. The highest BCUT2D eigenvalue weighted by Gasteiger charge is 2.54. The molecule has 134 valence electrons. The van der Waals surface area contributed by atoms with Gasteiger partial charge in [-0.15, -0.1) is 11.3 Å². The molecule has 2 rings (SSSR count). The molecule has 0 spiro atoms. The minimum atomic E-state index is -0.637. The molecule has 2 atom stereocenters. The number of nitrogens with zero attached hydrogens (tertiary/aromatic N) is 1. The van der Waals surface area contributed by atoms with E-state index in [4.69, 9.17) is 4.74 Å². The predicted octanol–water partition coefficient (Wildman–Crippen LogP) is 2.77. The van der Waals surface area contributed by atoms with Crippen LogP contribution < -0.4 is 5.32 Å². The number of thiophene rings is 1. The lowest BCUT2D eigenvalue weighted by Crippen LogP contribution is -2.48. The first kappa shape index (κ1) is 18.7. The molecular formula is C16H24N2O5S. The van der Waals surface area contributed by atoms with Crippen molar-refractivity contribution in [2.45, 2.75) is 50.7 Å². The van der Waals surface area contributed by atoms with Gasteiger partial charge in [-0.2, -0.15) is 0 Å². The van der Waals surface area contributed by atoms with Crippen LogP contribution in [0.5, 0.6) is 0 Å². The van der Waals surface area contributed by atoms with Crippen molar-refractivity contribution in [3.05, 3.63) is 32.5 Å². The Balaban J connectivity index is 2.18. The molecule has 1 fully saturated rings. The maximum atomic E-state index is 12.1. The molecule has 7 nitrogen and oxygen atoms in total. The molecule has 1 aromatic heterocycles. The number of aliphatic hydroxyl groups excluding tert-OH is 1. The first-order chi connectivity index (χ1) is 11.2. The van der Waals surface area contributed by atoms with Crippen LogP contribution in [0.25, 0.3) is 0 Å². The standard InChI is InChI=1S/C16H24N2O5S/c1-15(2,3)23-14(20)17-16(6-7-16)12(10-19)11(9-18(21)22)13-5-4-8-24-13/h4-5,8,11-12,19H,6-7,9-10H2,1-3H3,(H,17,20)/t11-,12-/m1/s1. The monoisotopic (exact) mass is 356 g/mol.